The molecular formula is C21H24N2O3. The van der Waals surface area contributed by atoms with Crippen molar-refractivity contribution in [3.63, 3.8) is 0 Å². The van der Waals surface area contributed by atoms with Crippen LogP contribution in [-0.2, 0) is 6.61 Å². The Bertz CT molecular complexity index is 865. The maximum Gasteiger partial charge on any atom is 0.286 e. The van der Waals surface area contributed by atoms with E-state index in [0.717, 1.165) is 29.5 Å². The highest BCUT2D eigenvalue weighted by atomic mass is 16.5. The van der Waals surface area contributed by atoms with Gasteiger partial charge < -0.3 is 19.4 Å². The van der Waals surface area contributed by atoms with Crippen LogP contribution in [0, 0.1) is 0 Å². The quantitative estimate of drug-likeness (QED) is 0.628. The van der Waals surface area contributed by atoms with Gasteiger partial charge in [-0.15, -0.1) is 0 Å². The van der Waals surface area contributed by atoms with Crippen molar-refractivity contribution in [3.8, 4) is 5.75 Å². The Labute approximate surface area is 153 Å². The zero-order valence-electron chi connectivity index (χ0n) is 15.2. The lowest BCUT2D eigenvalue weighted by Crippen LogP contribution is -2.26. The molecule has 0 aliphatic carbocycles. The lowest BCUT2D eigenvalue weighted by atomic mass is 10.1. The van der Waals surface area contributed by atoms with Crippen molar-refractivity contribution in [2.75, 3.05) is 27.2 Å². The van der Waals surface area contributed by atoms with Crippen LogP contribution in [0.1, 0.15) is 22.7 Å². The molecule has 0 spiro atoms. The number of rotatable bonds is 8. The van der Waals surface area contributed by atoms with Crippen LogP contribution in [0.15, 0.2) is 59.0 Å². The van der Waals surface area contributed by atoms with Crippen molar-refractivity contribution in [3.05, 3.63) is 66.1 Å². The van der Waals surface area contributed by atoms with Crippen LogP contribution >= 0.6 is 0 Å². The number of nitrogens with one attached hydrogen (secondary N) is 1. The van der Waals surface area contributed by atoms with Gasteiger partial charge in [-0.2, -0.15) is 0 Å². The van der Waals surface area contributed by atoms with E-state index in [4.69, 9.17) is 9.15 Å². The molecule has 0 saturated heterocycles. The molecule has 0 radical (unpaired) electrons. The first-order chi connectivity index (χ1) is 12.6. The molecule has 136 valence electrons. The molecule has 0 saturated carbocycles. The fourth-order valence-corrected chi connectivity index (χ4v) is 2.73. The maximum absolute atomic E-state index is 12.1. The zero-order valence-corrected chi connectivity index (χ0v) is 15.2. The second-order valence-electron chi connectivity index (χ2n) is 6.44. The molecule has 1 amide bonds. The second-order valence-corrected chi connectivity index (χ2v) is 6.44. The summed E-state index contributed by atoms with van der Waals surface area (Å²) in [6, 6.07) is 17.5. The van der Waals surface area contributed by atoms with Crippen molar-refractivity contribution in [2.45, 2.75) is 13.0 Å². The molecule has 3 aromatic rings. The highest BCUT2D eigenvalue weighted by molar-refractivity contribution is 5.91. The number of nitrogens with zero attached hydrogens (tertiary/aromatic N) is 1. The largest absolute Gasteiger partial charge is 0.485 e. The molecule has 26 heavy (non-hydrogen) atoms. The predicted molar refractivity (Wildman–Crippen MR) is 102 cm³/mol. The van der Waals surface area contributed by atoms with E-state index in [1.54, 1.807) is 12.1 Å². The molecule has 1 N–H and O–H groups in total. The summed E-state index contributed by atoms with van der Waals surface area (Å²) >= 11 is 0. The van der Waals surface area contributed by atoms with Crippen LogP contribution in [0.25, 0.3) is 10.8 Å². The third kappa shape index (κ3) is 4.64. The van der Waals surface area contributed by atoms with Crippen molar-refractivity contribution in [2.24, 2.45) is 0 Å². The molecular weight excluding hydrogens is 328 g/mol. The number of benzene rings is 2. The third-order valence-corrected chi connectivity index (χ3v) is 4.07. The Balaban J connectivity index is 1.56. The molecule has 0 bridgehead atoms. The summed E-state index contributed by atoms with van der Waals surface area (Å²) in [5, 5.41) is 5.05. The van der Waals surface area contributed by atoms with Crippen LogP contribution in [0.4, 0.5) is 0 Å². The van der Waals surface area contributed by atoms with Crippen LogP contribution in [0.2, 0.25) is 0 Å². The summed E-state index contributed by atoms with van der Waals surface area (Å²) in [6.45, 7) is 1.84. The molecule has 5 heteroatoms. The second kappa shape index (κ2) is 8.54. The number of carbonyl (C=O) groups is 1. The van der Waals surface area contributed by atoms with Crippen LogP contribution in [0.3, 0.4) is 0 Å². The van der Waals surface area contributed by atoms with Gasteiger partial charge in [0.05, 0.1) is 0 Å². The summed E-state index contributed by atoms with van der Waals surface area (Å²) in [7, 11) is 4.02. The molecule has 0 unspecified atom stereocenters. The summed E-state index contributed by atoms with van der Waals surface area (Å²) in [5.74, 6) is 1.54. The summed E-state index contributed by atoms with van der Waals surface area (Å²) in [4.78, 5) is 14.2. The standard InChI is InChI=1S/C21H24N2O3/c1-23(2)14-6-13-22-21(24)20-12-11-17(26-20)15-25-19-10-5-8-16-7-3-4-9-18(16)19/h3-5,7-12H,6,13-15H2,1-2H3,(H,22,24). The van der Waals surface area contributed by atoms with Crippen LogP contribution in [-0.4, -0.2) is 38.0 Å². The number of hydrogen-bond donors (Lipinski definition) is 1. The number of hydrogen-bond acceptors (Lipinski definition) is 4. The van der Waals surface area contributed by atoms with Crippen molar-refractivity contribution >= 4 is 16.7 Å². The lowest BCUT2D eigenvalue weighted by molar-refractivity contribution is 0.0920. The minimum Gasteiger partial charge on any atom is -0.485 e. The van der Waals surface area contributed by atoms with E-state index in [1.165, 1.54) is 0 Å². The van der Waals surface area contributed by atoms with Crippen LogP contribution < -0.4 is 10.1 Å². The van der Waals surface area contributed by atoms with E-state index in [9.17, 15) is 4.79 Å². The summed E-state index contributed by atoms with van der Waals surface area (Å²) < 4.78 is 11.5. The molecule has 0 atom stereocenters. The number of amides is 1. The van der Waals surface area contributed by atoms with Gasteiger partial charge in [0.1, 0.15) is 18.1 Å². The van der Waals surface area contributed by atoms with E-state index < -0.39 is 0 Å². The van der Waals surface area contributed by atoms with Gasteiger partial charge in [0.2, 0.25) is 0 Å². The van der Waals surface area contributed by atoms with Gasteiger partial charge in [0.15, 0.2) is 5.76 Å². The Kier molecular flexibility index (Phi) is 5.92. The predicted octanol–water partition coefficient (Wildman–Crippen LogP) is 3.69. The monoisotopic (exact) mass is 352 g/mol. The lowest BCUT2D eigenvalue weighted by Gasteiger charge is -2.09. The van der Waals surface area contributed by atoms with Gasteiger partial charge in [0, 0.05) is 11.9 Å². The number of ether oxygens (including phenoxy) is 1. The molecule has 3 rings (SSSR count). The molecule has 2 aromatic carbocycles. The van der Waals surface area contributed by atoms with E-state index in [-0.39, 0.29) is 12.5 Å². The highest BCUT2D eigenvalue weighted by Crippen LogP contribution is 2.26. The van der Waals surface area contributed by atoms with Gasteiger partial charge in [-0.3, -0.25) is 4.79 Å². The normalized spacial score (nSPS) is 11.0. The van der Waals surface area contributed by atoms with Gasteiger partial charge in [-0.05, 0) is 50.6 Å². The molecule has 0 aliphatic rings. The minimum atomic E-state index is -0.194. The fraction of sp³-hybridized carbons (Fsp3) is 0.286. The Morgan fingerprint density at radius 2 is 1.88 bits per heavy atom. The Hall–Kier alpha value is -2.79. The van der Waals surface area contributed by atoms with Crippen molar-refractivity contribution in [1.29, 1.82) is 0 Å². The average molecular weight is 352 g/mol. The molecule has 1 heterocycles. The highest BCUT2D eigenvalue weighted by Gasteiger charge is 2.11. The van der Waals surface area contributed by atoms with E-state index >= 15 is 0 Å². The molecule has 1 aromatic heterocycles. The van der Waals surface area contributed by atoms with Gasteiger partial charge in [-0.25, -0.2) is 0 Å². The van der Waals surface area contributed by atoms with E-state index in [0.29, 0.717) is 18.1 Å². The average Bonchev–Trinajstić information content (AvgIpc) is 3.12. The number of furan rings is 1. The van der Waals surface area contributed by atoms with Gasteiger partial charge in [-0.1, -0.05) is 36.4 Å². The third-order valence-electron chi connectivity index (χ3n) is 4.07. The Morgan fingerprint density at radius 3 is 2.73 bits per heavy atom. The first-order valence-electron chi connectivity index (χ1n) is 8.75. The van der Waals surface area contributed by atoms with Gasteiger partial charge >= 0.3 is 0 Å². The van der Waals surface area contributed by atoms with Crippen molar-refractivity contribution in [1.82, 2.24) is 10.2 Å². The fourth-order valence-electron chi connectivity index (χ4n) is 2.73. The number of carbonyl (C=O) groups excluding carboxylic acids is 1. The molecule has 5 nitrogen and oxygen atoms in total. The van der Waals surface area contributed by atoms with E-state index in [1.807, 2.05) is 56.6 Å². The maximum atomic E-state index is 12.1. The Morgan fingerprint density at radius 1 is 1.08 bits per heavy atom. The zero-order chi connectivity index (χ0) is 18.4. The van der Waals surface area contributed by atoms with E-state index in [2.05, 4.69) is 10.2 Å². The first-order valence-corrected chi connectivity index (χ1v) is 8.75. The van der Waals surface area contributed by atoms with Crippen molar-refractivity contribution < 1.29 is 13.9 Å². The van der Waals surface area contributed by atoms with Gasteiger partial charge in [0.25, 0.3) is 5.91 Å². The first kappa shape index (κ1) is 18.0. The van der Waals surface area contributed by atoms with Crippen LogP contribution in [0.5, 0.6) is 5.75 Å². The molecule has 0 aliphatic heterocycles. The SMILES string of the molecule is CN(C)CCCNC(=O)c1ccc(COc2cccc3ccccc23)o1. The summed E-state index contributed by atoms with van der Waals surface area (Å²) in [5.41, 5.74) is 0. The topological polar surface area (TPSA) is 54.7 Å². The smallest absolute Gasteiger partial charge is 0.286 e. The molecule has 0 fully saturated rings. The minimum absolute atomic E-state index is 0.194. The summed E-state index contributed by atoms with van der Waals surface area (Å²) in [6.07, 6.45) is 0.899. The number of fused-ring (bicyclic) bond motifs is 1.